The number of aliphatic hydroxyl groups is 1. The topological polar surface area (TPSA) is 72.8 Å². The van der Waals surface area contributed by atoms with Crippen LogP contribution in [0.5, 0.6) is 11.5 Å². The van der Waals surface area contributed by atoms with Gasteiger partial charge in [-0.05, 0) is 50.8 Å². The van der Waals surface area contributed by atoms with Crippen LogP contribution in [0, 0.1) is 20.8 Å². The number of esters is 2. The van der Waals surface area contributed by atoms with Crippen LogP contribution < -0.4 is 9.47 Å². The van der Waals surface area contributed by atoms with E-state index < -0.39 is 11.9 Å². The molecule has 0 radical (unpaired) electrons. The molecule has 0 aliphatic carbocycles. The second-order valence-electron chi connectivity index (χ2n) is 5.61. The van der Waals surface area contributed by atoms with Gasteiger partial charge >= 0.3 is 11.9 Å². The van der Waals surface area contributed by atoms with Gasteiger partial charge in [0.1, 0.15) is 11.5 Å². The SMILES string of the molecule is CC(=O)Oc1c(C)c(C)c(OC(C)=O)c(C/C=C(\C)CO)c1C. The van der Waals surface area contributed by atoms with E-state index in [0.29, 0.717) is 17.9 Å². The third kappa shape index (κ3) is 4.66. The first-order valence-electron chi connectivity index (χ1n) is 7.45. The van der Waals surface area contributed by atoms with Crippen molar-refractivity contribution in [2.75, 3.05) is 6.61 Å². The Balaban J connectivity index is 3.55. The van der Waals surface area contributed by atoms with Crippen LogP contribution in [0.2, 0.25) is 0 Å². The summed E-state index contributed by atoms with van der Waals surface area (Å²) in [5, 5.41) is 9.15. The minimum atomic E-state index is -0.406. The van der Waals surface area contributed by atoms with Gasteiger partial charge in [-0.1, -0.05) is 11.6 Å². The second kappa shape index (κ2) is 7.92. The van der Waals surface area contributed by atoms with Gasteiger partial charge in [0.2, 0.25) is 0 Å². The molecule has 0 unspecified atom stereocenters. The fourth-order valence-corrected chi connectivity index (χ4v) is 2.32. The molecule has 0 bridgehead atoms. The van der Waals surface area contributed by atoms with Gasteiger partial charge in [-0.3, -0.25) is 9.59 Å². The fourth-order valence-electron chi connectivity index (χ4n) is 2.32. The van der Waals surface area contributed by atoms with Crippen molar-refractivity contribution in [3.05, 3.63) is 33.9 Å². The third-order valence-corrected chi connectivity index (χ3v) is 3.71. The molecule has 0 amide bonds. The Hall–Kier alpha value is -2.14. The lowest BCUT2D eigenvalue weighted by Crippen LogP contribution is -2.12. The van der Waals surface area contributed by atoms with Crippen LogP contribution in [0.4, 0.5) is 0 Å². The molecule has 0 atom stereocenters. The molecule has 0 fully saturated rings. The van der Waals surface area contributed by atoms with Crippen molar-refractivity contribution in [3.63, 3.8) is 0 Å². The van der Waals surface area contributed by atoms with Gasteiger partial charge in [-0.25, -0.2) is 0 Å². The van der Waals surface area contributed by atoms with Gasteiger partial charge in [0.05, 0.1) is 6.61 Å². The smallest absolute Gasteiger partial charge is 0.308 e. The molecule has 0 aromatic heterocycles. The Morgan fingerprint density at radius 3 is 1.87 bits per heavy atom. The predicted octanol–water partition coefficient (Wildman–Crippen LogP) is 2.94. The lowest BCUT2D eigenvalue weighted by atomic mass is 9.94. The minimum absolute atomic E-state index is 0.0381. The molecule has 0 saturated heterocycles. The summed E-state index contributed by atoms with van der Waals surface area (Å²) in [6.45, 7) is 9.96. The lowest BCUT2D eigenvalue weighted by Gasteiger charge is -2.20. The van der Waals surface area contributed by atoms with Gasteiger partial charge < -0.3 is 14.6 Å². The number of hydrogen-bond donors (Lipinski definition) is 1. The standard InChI is InChI=1S/C18H24O5/c1-10(9-19)7-8-16-13(4)17(22-14(5)20)11(2)12(3)18(16)23-15(6)21/h7,19H,8-9H2,1-6H3/b10-7+. The molecule has 5 heteroatoms. The van der Waals surface area contributed by atoms with Crippen molar-refractivity contribution in [2.45, 2.75) is 48.0 Å². The maximum Gasteiger partial charge on any atom is 0.308 e. The minimum Gasteiger partial charge on any atom is -0.426 e. The number of benzene rings is 1. The summed E-state index contributed by atoms with van der Waals surface area (Å²) in [4.78, 5) is 22.8. The fraction of sp³-hybridized carbons (Fsp3) is 0.444. The van der Waals surface area contributed by atoms with Gasteiger partial charge in [0, 0.05) is 19.4 Å². The van der Waals surface area contributed by atoms with Crippen molar-refractivity contribution in [2.24, 2.45) is 0 Å². The zero-order valence-corrected chi connectivity index (χ0v) is 14.6. The molecular formula is C18H24O5. The number of rotatable bonds is 5. The summed E-state index contributed by atoms with van der Waals surface area (Å²) in [6, 6.07) is 0. The highest BCUT2D eigenvalue weighted by atomic mass is 16.5. The quantitative estimate of drug-likeness (QED) is 0.513. The number of ether oxygens (including phenoxy) is 2. The molecule has 1 aromatic carbocycles. The normalized spacial score (nSPS) is 11.3. The number of hydrogen-bond acceptors (Lipinski definition) is 5. The molecular weight excluding hydrogens is 296 g/mol. The Kier molecular flexibility index (Phi) is 6.51. The summed E-state index contributed by atoms with van der Waals surface area (Å²) < 4.78 is 10.7. The van der Waals surface area contributed by atoms with Crippen LogP contribution in [0.25, 0.3) is 0 Å². The zero-order valence-electron chi connectivity index (χ0n) is 14.6. The first-order valence-corrected chi connectivity index (χ1v) is 7.45. The second-order valence-corrected chi connectivity index (χ2v) is 5.61. The van der Waals surface area contributed by atoms with Crippen molar-refractivity contribution in [1.29, 1.82) is 0 Å². The summed E-state index contributed by atoms with van der Waals surface area (Å²) in [6.07, 6.45) is 2.33. The van der Waals surface area contributed by atoms with Crippen LogP contribution in [-0.4, -0.2) is 23.7 Å². The van der Waals surface area contributed by atoms with E-state index in [0.717, 1.165) is 27.8 Å². The van der Waals surface area contributed by atoms with E-state index in [1.54, 1.807) is 0 Å². The summed E-state index contributed by atoms with van der Waals surface area (Å²) in [5.41, 5.74) is 3.85. The Morgan fingerprint density at radius 1 is 0.913 bits per heavy atom. The summed E-state index contributed by atoms with van der Waals surface area (Å²) in [7, 11) is 0. The molecule has 0 spiro atoms. The maximum atomic E-state index is 11.4. The van der Waals surface area contributed by atoms with E-state index in [4.69, 9.17) is 14.6 Å². The Labute approximate surface area is 136 Å². The molecule has 126 valence electrons. The van der Waals surface area contributed by atoms with Crippen LogP contribution in [0.15, 0.2) is 11.6 Å². The van der Waals surface area contributed by atoms with Crippen molar-refractivity contribution < 1.29 is 24.2 Å². The lowest BCUT2D eigenvalue weighted by molar-refractivity contribution is -0.133. The van der Waals surface area contributed by atoms with Crippen molar-refractivity contribution >= 4 is 11.9 Å². The van der Waals surface area contributed by atoms with E-state index in [1.807, 2.05) is 33.8 Å². The van der Waals surface area contributed by atoms with Gasteiger partial charge in [-0.15, -0.1) is 0 Å². The van der Waals surface area contributed by atoms with E-state index >= 15 is 0 Å². The summed E-state index contributed by atoms with van der Waals surface area (Å²) in [5.74, 6) is 0.182. The number of carbonyl (C=O) groups excluding carboxylic acids is 2. The monoisotopic (exact) mass is 320 g/mol. The van der Waals surface area contributed by atoms with E-state index in [9.17, 15) is 9.59 Å². The molecule has 1 rings (SSSR count). The third-order valence-electron chi connectivity index (χ3n) is 3.71. The zero-order chi connectivity index (χ0) is 17.7. The van der Waals surface area contributed by atoms with E-state index in [-0.39, 0.29) is 6.61 Å². The number of aliphatic hydroxyl groups excluding tert-OH is 1. The molecule has 5 nitrogen and oxygen atoms in total. The average Bonchev–Trinajstić information content (AvgIpc) is 2.47. The molecule has 0 aliphatic heterocycles. The average molecular weight is 320 g/mol. The predicted molar refractivity (Wildman–Crippen MR) is 87.8 cm³/mol. The van der Waals surface area contributed by atoms with Gasteiger partial charge in [0.25, 0.3) is 0 Å². The first kappa shape index (κ1) is 18.9. The molecule has 1 N–H and O–H groups in total. The molecule has 0 aliphatic rings. The molecule has 1 aromatic rings. The highest BCUT2D eigenvalue weighted by Crippen LogP contribution is 2.38. The maximum absolute atomic E-state index is 11.4. The van der Waals surface area contributed by atoms with Crippen LogP contribution in [-0.2, 0) is 16.0 Å². The largest absolute Gasteiger partial charge is 0.426 e. The van der Waals surface area contributed by atoms with Crippen LogP contribution in [0.3, 0.4) is 0 Å². The number of carbonyl (C=O) groups is 2. The van der Waals surface area contributed by atoms with Gasteiger partial charge in [-0.2, -0.15) is 0 Å². The highest BCUT2D eigenvalue weighted by Gasteiger charge is 2.21. The van der Waals surface area contributed by atoms with Crippen LogP contribution >= 0.6 is 0 Å². The Bertz CT molecular complexity index is 656. The molecule has 0 saturated carbocycles. The van der Waals surface area contributed by atoms with Crippen molar-refractivity contribution in [1.82, 2.24) is 0 Å². The summed E-state index contributed by atoms with van der Waals surface area (Å²) >= 11 is 0. The Morgan fingerprint density at radius 2 is 1.39 bits per heavy atom. The van der Waals surface area contributed by atoms with E-state index in [2.05, 4.69) is 0 Å². The van der Waals surface area contributed by atoms with Crippen LogP contribution in [0.1, 0.15) is 43.0 Å². The van der Waals surface area contributed by atoms with Gasteiger partial charge in [0.15, 0.2) is 0 Å². The number of allylic oxidation sites excluding steroid dienone is 1. The first-order chi connectivity index (χ1) is 10.7. The molecule has 0 heterocycles. The van der Waals surface area contributed by atoms with Crippen molar-refractivity contribution in [3.8, 4) is 11.5 Å². The van der Waals surface area contributed by atoms with E-state index in [1.165, 1.54) is 13.8 Å². The highest BCUT2D eigenvalue weighted by molar-refractivity contribution is 5.74. The molecule has 23 heavy (non-hydrogen) atoms.